The van der Waals surface area contributed by atoms with Crippen LogP contribution in [0.1, 0.15) is 5.56 Å². The summed E-state index contributed by atoms with van der Waals surface area (Å²) in [6.45, 7) is 3.01. The van der Waals surface area contributed by atoms with Crippen molar-refractivity contribution in [3.05, 3.63) is 51.9 Å². The van der Waals surface area contributed by atoms with Crippen molar-refractivity contribution in [2.75, 3.05) is 18.0 Å². The predicted molar refractivity (Wildman–Crippen MR) is 113 cm³/mol. The molecule has 0 atom stereocenters. The zero-order chi connectivity index (χ0) is 20.1. The summed E-state index contributed by atoms with van der Waals surface area (Å²) in [7, 11) is -3.75. The van der Waals surface area contributed by atoms with Gasteiger partial charge in [-0.1, -0.05) is 17.7 Å². The highest BCUT2D eigenvalue weighted by Crippen LogP contribution is 2.30. The summed E-state index contributed by atoms with van der Waals surface area (Å²) in [4.78, 5) is 17.3. The van der Waals surface area contributed by atoms with E-state index >= 15 is 0 Å². The van der Waals surface area contributed by atoms with Crippen LogP contribution in [-0.2, 0) is 10.0 Å². The molecule has 0 saturated carbocycles. The Balaban J connectivity index is 1.67. The van der Waals surface area contributed by atoms with Crippen molar-refractivity contribution in [3.8, 4) is 0 Å². The van der Waals surface area contributed by atoms with Gasteiger partial charge in [0.15, 0.2) is 5.65 Å². The molecule has 1 fully saturated rings. The number of fused-ring (bicyclic) bond motifs is 1. The van der Waals surface area contributed by atoms with Gasteiger partial charge in [0.2, 0.25) is 0 Å². The molecule has 0 radical (unpaired) electrons. The van der Waals surface area contributed by atoms with E-state index in [0.29, 0.717) is 18.7 Å². The average molecular weight is 512 g/mol. The molecule has 10 heteroatoms. The Morgan fingerprint density at radius 1 is 1.29 bits per heavy atom. The van der Waals surface area contributed by atoms with Crippen LogP contribution in [0, 0.1) is 10.5 Å². The number of carboxylic acid groups (broad SMARTS) is 1. The third kappa shape index (κ3) is 3.30. The van der Waals surface area contributed by atoms with Gasteiger partial charge in [-0.3, -0.25) is 0 Å². The maximum absolute atomic E-state index is 13.0. The van der Waals surface area contributed by atoms with Gasteiger partial charge in [-0.05, 0) is 47.7 Å². The molecule has 0 unspecified atom stereocenters. The molecule has 2 N–H and O–H groups in total. The van der Waals surface area contributed by atoms with Crippen molar-refractivity contribution in [3.63, 3.8) is 0 Å². The minimum absolute atomic E-state index is 0.112. The van der Waals surface area contributed by atoms with Gasteiger partial charge in [0.05, 0.1) is 22.8 Å². The Morgan fingerprint density at radius 2 is 1.96 bits per heavy atom. The number of anilines is 1. The van der Waals surface area contributed by atoms with Gasteiger partial charge in [-0.2, -0.15) is 0 Å². The number of carbonyl (C=O) groups is 1. The summed E-state index contributed by atoms with van der Waals surface area (Å²) in [5, 5.41) is 12.0. The number of benzene rings is 1. The van der Waals surface area contributed by atoms with Crippen LogP contribution in [0.3, 0.4) is 0 Å². The number of aromatic nitrogens is 2. The average Bonchev–Trinajstić information content (AvgIpc) is 2.95. The molecule has 3 aromatic rings. The Bertz CT molecular complexity index is 1170. The van der Waals surface area contributed by atoms with E-state index in [1.165, 1.54) is 3.97 Å². The first kappa shape index (κ1) is 19.0. The number of nitrogens with zero attached hydrogens (tertiary/aromatic N) is 3. The molecule has 146 valence electrons. The summed E-state index contributed by atoms with van der Waals surface area (Å²) in [5.41, 5.74) is 2.19. The van der Waals surface area contributed by atoms with Gasteiger partial charge in [0.25, 0.3) is 10.0 Å². The first-order chi connectivity index (χ1) is 13.3. The van der Waals surface area contributed by atoms with Crippen molar-refractivity contribution in [1.29, 1.82) is 0 Å². The molecule has 2 aromatic heterocycles. The number of hydrogen-bond donors (Lipinski definition) is 2. The van der Waals surface area contributed by atoms with Crippen molar-refractivity contribution in [1.82, 2.24) is 14.3 Å². The lowest BCUT2D eigenvalue weighted by Gasteiger charge is -2.40. The van der Waals surface area contributed by atoms with Gasteiger partial charge in [-0.15, -0.1) is 0 Å². The van der Waals surface area contributed by atoms with E-state index in [2.05, 4.69) is 32.9 Å². The monoisotopic (exact) mass is 512 g/mol. The molecule has 1 amide bonds. The third-order valence-corrected chi connectivity index (χ3v) is 7.22. The third-order valence-electron chi connectivity index (χ3n) is 4.70. The summed E-state index contributed by atoms with van der Waals surface area (Å²) in [5.74, 6) is 0. The van der Waals surface area contributed by atoms with E-state index in [4.69, 9.17) is 5.11 Å². The van der Waals surface area contributed by atoms with E-state index in [1.54, 1.807) is 36.7 Å². The molecular formula is C18H17IN4O4S. The zero-order valence-corrected chi connectivity index (χ0v) is 17.8. The summed E-state index contributed by atoms with van der Waals surface area (Å²) >= 11 is 2.10. The zero-order valence-electron chi connectivity index (χ0n) is 14.8. The first-order valence-corrected chi connectivity index (χ1v) is 11.0. The number of hydrogen-bond acceptors (Lipinski definition) is 5. The van der Waals surface area contributed by atoms with Crippen molar-refractivity contribution in [2.45, 2.75) is 17.9 Å². The molecule has 28 heavy (non-hydrogen) atoms. The summed E-state index contributed by atoms with van der Waals surface area (Å²) in [6, 6.07) is 8.49. The second-order valence-electron chi connectivity index (χ2n) is 6.71. The van der Waals surface area contributed by atoms with Crippen molar-refractivity contribution < 1.29 is 18.3 Å². The number of pyridine rings is 1. The molecule has 1 aromatic carbocycles. The van der Waals surface area contributed by atoms with E-state index in [0.717, 1.165) is 20.2 Å². The Morgan fingerprint density at radius 3 is 2.61 bits per heavy atom. The molecule has 0 spiro atoms. The smallest absolute Gasteiger partial charge is 0.405 e. The number of aryl methyl sites for hydroxylation is 1. The molecular weight excluding hydrogens is 495 g/mol. The Hall–Kier alpha value is -2.34. The fraction of sp³-hybridized carbons (Fsp3) is 0.222. The molecule has 8 nitrogen and oxygen atoms in total. The predicted octanol–water partition coefficient (Wildman–Crippen LogP) is 2.64. The Kier molecular flexibility index (Phi) is 4.70. The van der Waals surface area contributed by atoms with Crippen LogP contribution in [0.15, 0.2) is 47.6 Å². The number of amides is 1. The van der Waals surface area contributed by atoms with Crippen LogP contribution in [0.4, 0.5) is 10.5 Å². The largest absolute Gasteiger partial charge is 0.465 e. The fourth-order valence-electron chi connectivity index (χ4n) is 3.17. The van der Waals surface area contributed by atoms with Crippen LogP contribution in [0.2, 0.25) is 0 Å². The topological polar surface area (TPSA) is 105 Å². The van der Waals surface area contributed by atoms with Gasteiger partial charge in [0.1, 0.15) is 0 Å². The highest BCUT2D eigenvalue weighted by Gasteiger charge is 2.29. The summed E-state index contributed by atoms with van der Waals surface area (Å²) in [6.07, 6.45) is 2.16. The SMILES string of the molecule is Cc1ccc(S(=O)(=O)n2cc(I)c3cc(N4CC(NC(=O)O)C4)cnc32)cc1. The van der Waals surface area contributed by atoms with Crippen LogP contribution in [0.25, 0.3) is 11.0 Å². The second-order valence-corrected chi connectivity index (χ2v) is 9.68. The van der Waals surface area contributed by atoms with E-state index in [-0.39, 0.29) is 10.9 Å². The van der Waals surface area contributed by atoms with E-state index < -0.39 is 16.1 Å². The lowest BCUT2D eigenvalue weighted by Crippen LogP contribution is -2.59. The fourth-order valence-corrected chi connectivity index (χ4v) is 5.36. The summed E-state index contributed by atoms with van der Waals surface area (Å²) < 4.78 is 28.1. The quantitative estimate of drug-likeness (QED) is 0.521. The van der Waals surface area contributed by atoms with E-state index in [1.807, 2.05) is 17.9 Å². The standard InChI is InChI=1S/C18H17IN4O4S/c1-11-2-4-14(5-3-11)28(26,27)23-10-16(19)15-6-13(7-20-17(15)23)22-8-12(9-22)21-18(24)25/h2-7,10,12,21H,8-9H2,1H3,(H,24,25). The number of nitrogens with one attached hydrogen (secondary N) is 1. The maximum Gasteiger partial charge on any atom is 0.405 e. The highest BCUT2D eigenvalue weighted by atomic mass is 127. The molecule has 1 aliphatic rings. The number of rotatable bonds is 4. The van der Waals surface area contributed by atoms with Crippen molar-refractivity contribution >= 4 is 55.4 Å². The Labute approximate surface area is 175 Å². The molecule has 3 heterocycles. The van der Waals surface area contributed by atoms with Crippen LogP contribution in [0.5, 0.6) is 0 Å². The van der Waals surface area contributed by atoms with Gasteiger partial charge >= 0.3 is 6.09 Å². The highest BCUT2D eigenvalue weighted by molar-refractivity contribution is 14.1. The molecule has 1 aliphatic heterocycles. The minimum atomic E-state index is -3.75. The van der Waals surface area contributed by atoms with Crippen LogP contribution >= 0.6 is 22.6 Å². The molecule has 4 rings (SSSR count). The molecule has 0 bridgehead atoms. The lowest BCUT2D eigenvalue weighted by atomic mass is 10.1. The lowest BCUT2D eigenvalue weighted by molar-refractivity contribution is 0.187. The van der Waals surface area contributed by atoms with E-state index in [9.17, 15) is 13.2 Å². The van der Waals surface area contributed by atoms with Gasteiger partial charge in [-0.25, -0.2) is 22.2 Å². The van der Waals surface area contributed by atoms with Crippen LogP contribution < -0.4 is 10.2 Å². The normalized spacial score (nSPS) is 14.9. The van der Waals surface area contributed by atoms with Crippen LogP contribution in [-0.4, -0.2) is 47.7 Å². The molecule has 1 saturated heterocycles. The maximum atomic E-state index is 13.0. The molecule has 0 aliphatic carbocycles. The number of halogens is 1. The first-order valence-electron chi connectivity index (χ1n) is 8.49. The van der Waals surface area contributed by atoms with Crippen molar-refractivity contribution in [2.24, 2.45) is 0 Å². The second kappa shape index (κ2) is 6.92. The van der Waals surface area contributed by atoms with Gasteiger partial charge < -0.3 is 15.3 Å². The van der Waals surface area contributed by atoms with Gasteiger partial charge in [0, 0.05) is 28.2 Å². The minimum Gasteiger partial charge on any atom is -0.465 e.